The summed E-state index contributed by atoms with van der Waals surface area (Å²) in [7, 11) is 0. The highest BCUT2D eigenvalue weighted by molar-refractivity contribution is 6.09. The van der Waals surface area contributed by atoms with Crippen LogP contribution in [-0.4, -0.2) is 9.97 Å². The summed E-state index contributed by atoms with van der Waals surface area (Å²) in [6.07, 6.45) is 0. The standard InChI is InChI=1S/C24H20N2O/c1-24(2,3)23-25-20(17-13-8-10-15-9-4-5-11-16(15)17)22-21(26-23)18-12-6-7-14-19(18)27-22/h4-14H,1-3H3. The number of benzene rings is 3. The molecule has 2 aromatic heterocycles. The van der Waals surface area contributed by atoms with Crippen LogP contribution in [0.2, 0.25) is 0 Å². The fourth-order valence-corrected chi connectivity index (χ4v) is 3.54. The number of furan rings is 1. The molecule has 0 spiro atoms. The minimum absolute atomic E-state index is 0.161. The van der Waals surface area contributed by atoms with Crippen molar-refractivity contribution in [1.29, 1.82) is 0 Å². The topological polar surface area (TPSA) is 38.9 Å². The van der Waals surface area contributed by atoms with Gasteiger partial charge in [-0.05, 0) is 22.9 Å². The fourth-order valence-electron chi connectivity index (χ4n) is 3.54. The third kappa shape index (κ3) is 2.50. The van der Waals surface area contributed by atoms with Crippen molar-refractivity contribution in [3.63, 3.8) is 0 Å². The average molecular weight is 352 g/mol. The van der Waals surface area contributed by atoms with Crippen LogP contribution in [0.1, 0.15) is 26.6 Å². The fraction of sp³-hybridized carbons (Fsp3) is 0.167. The van der Waals surface area contributed by atoms with Gasteiger partial charge in [0, 0.05) is 16.4 Å². The molecule has 0 atom stereocenters. The van der Waals surface area contributed by atoms with E-state index in [-0.39, 0.29) is 5.41 Å². The maximum atomic E-state index is 6.23. The molecule has 5 aromatic rings. The van der Waals surface area contributed by atoms with Gasteiger partial charge in [0.05, 0.1) is 0 Å². The van der Waals surface area contributed by atoms with Crippen molar-refractivity contribution in [1.82, 2.24) is 9.97 Å². The Bertz CT molecular complexity index is 1300. The lowest BCUT2D eigenvalue weighted by atomic mass is 9.94. The van der Waals surface area contributed by atoms with Gasteiger partial charge in [-0.1, -0.05) is 75.4 Å². The zero-order valence-corrected chi connectivity index (χ0v) is 15.7. The summed E-state index contributed by atoms with van der Waals surface area (Å²) in [5.41, 5.74) is 4.25. The number of rotatable bonds is 1. The summed E-state index contributed by atoms with van der Waals surface area (Å²) in [6, 6.07) is 22.8. The highest BCUT2D eigenvalue weighted by Crippen LogP contribution is 2.37. The molecule has 0 radical (unpaired) electrons. The van der Waals surface area contributed by atoms with E-state index in [0.29, 0.717) is 0 Å². The third-order valence-electron chi connectivity index (χ3n) is 4.94. The number of fused-ring (bicyclic) bond motifs is 4. The van der Waals surface area contributed by atoms with E-state index < -0.39 is 0 Å². The second kappa shape index (κ2) is 5.65. The first kappa shape index (κ1) is 16.0. The number of nitrogens with zero attached hydrogens (tertiary/aromatic N) is 2. The van der Waals surface area contributed by atoms with Gasteiger partial charge in [-0.25, -0.2) is 9.97 Å². The molecule has 0 aliphatic heterocycles. The first-order chi connectivity index (χ1) is 13.0. The van der Waals surface area contributed by atoms with Crippen LogP contribution in [0.5, 0.6) is 0 Å². The molecular formula is C24H20N2O. The molecule has 0 N–H and O–H groups in total. The third-order valence-corrected chi connectivity index (χ3v) is 4.94. The van der Waals surface area contributed by atoms with Crippen LogP contribution in [0.4, 0.5) is 0 Å². The summed E-state index contributed by atoms with van der Waals surface area (Å²) in [5.74, 6) is 0.824. The van der Waals surface area contributed by atoms with Gasteiger partial charge in [0.1, 0.15) is 22.6 Å². The van der Waals surface area contributed by atoms with Crippen LogP contribution in [0.25, 0.3) is 44.1 Å². The van der Waals surface area contributed by atoms with Crippen molar-refractivity contribution < 1.29 is 4.42 Å². The Morgan fingerprint density at radius 2 is 1.44 bits per heavy atom. The quantitative estimate of drug-likeness (QED) is 0.346. The molecule has 0 saturated carbocycles. The van der Waals surface area contributed by atoms with Gasteiger partial charge in [0.2, 0.25) is 0 Å². The monoisotopic (exact) mass is 352 g/mol. The Kier molecular flexibility index (Phi) is 3.35. The maximum Gasteiger partial charge on any atom is 0.180 e. The molecule has 0 saturated heterocycles. The lowest BCUT2D eigenvalue weighted by Gasteiger charge is -2.18. The normalized spacial score (nSPS) is 12.3. The van der Waals surface area contributed by atoms with E-state index in [1.54, 1.807) is 0 Å². The SMILES string of the molecule is CC(C)(C)c1nc(-c2cccc3ccccc23)c2oc3ccccc3c2n1. The largest absolute Gasteiger partial charge is 0.452 e. The Labute approximate surface area is 157 Å². The molecule has 0 bridgehead atoms. The molecule has 2 heterocycles. The first-order valence-corrected chi connectivity index (χ1v) is 9.20. The summed E-state index contributed by atoms with van der Waals surface area (Å²) >= 11 is 0. The molecule has 3 aromatic carbocycles. The van der Waals surface area contributed by atoms with Crippen LogP contribution < -0.4 is 0 Å². The van der Waals surface area contributed by atoms with E-state index in [4.69, 9.17) is 14.4 Å². The van der Waals surface area contributed by atoms with Gasteiger partial charge < -0.3 is 4.42 Å². The first-order valence-electron chi connectivity index (χ1n) is 9.20. The van der Waals surface area contributed by atoms with Gasteiger partial charge in [-0.2, -0.15) is 0 Å². The van der Waals surface area contributed by atoms with E-state index in [1.807, 2.05) is 18.2 Å². The Hall–Kier alpha value is -3.20. The smallest absolute Gasteiger partial charge is 0.180 e. The maximum absolute atomic E-state index is 6.23. The Morgan fingerprint density at radius 3 is 2.26 bits per heavy atom. The zero-order chi connectivity index (χ0) is 18.6. The molecular weight excluding hydrogens is 332 g/mol. The van der Waals surface area contributed by atoms with Crippen molar-refractivity contribution >= 4 is 32.8 Å². The van der Waals surface area contributed by atoms with E-state index in [9.17, 15) is 0 Å². The van der Waals surface area contributed by atoms with Crippen molar-refractivity contribution in [2.75, 3.05) is 0 Å². The van der Waals surface area contributed by atoms with Gasteiger partial charge >= 0.3 is 0 Å². The van der Waals surface area contributed by atoms with E-state index in [1.165, 1.54) is 10.8 Å². The summed E-state index contributed by atoms with van der Waals surface area (Å²) in [4.78, 5) is 9.88. The molecule has 3 nitrogen and oxygen atoms in total. The minimum atomic E-state index is -0.161. The van der Waals surface area contributed by atoms with Gasteiger partial charge in [0.15, 0.2) is 5.58 Å². The average Bonchev–Trinajstić information content (AvgIpc) is 3.05. The predicted octanol–water partition coefficient (Wildman–Crippen LogP) is 6.49. The summed E-state index contributed by atoms with van der Waals surface area (Å²) in [6.45, 7) is 6.43. The lowest BCUT2D eigenvalue weighted by Crippen LogP contribution is -2.16. The van der Waals surface area contributed by atoms with E-state index in [0.717, 1.165) is 39.2 Å². The molecule has 0 amide bonds. The number of para-hydroxylation sites is 1. The molecule has 0 unspecified atom stereocenters. The van der Waals surface area contributed by atoms with Gasteiger partial charge in [-0.3, -0.25) is 0 Å². The highest BCUT2D eigenvalue weighted by atomic mass is 16.3. The molecule has 132 valence electrons. The van der Waals surface area contributed by atoms with Gasteiger partial charge in [-0.15, -0.1) is 0 Å². The number of aromatic nitrogens is 2. The van der Waals surface area contributed by atoms with Crippen molar-refractivity contribution in [2.24, 2.45) is 0 Å². The molecule has 3 heteroatoms. The van der Waals surface area contributed by atoms with Crippen LogP contribution in [0.15, 0.2) is 71.1 Å². The second-order valence-corrected chi connectivity index (χ2v) is 7.95. The number of hydrogen-bond donors (Lipinski definition) is 0. The molecule has 27 heavy (non-hydrogen) atoms. The molecule has 0 aliphatic carbocycles. The van der Waals surface area contributed by atoms with Crippen LogP contribution in [-0.2, 0) is 5.41 Å². The second-order valence-electron chi connectivity index (χ2n) is 7.95. The molecule has 5 rings (SSSR count). The van der Waals surface area contributed by atoms with Crippen LogP contribution >= 0.6 is 0 Å². The predicted molar refractivity (Wildman–Crippen MR) is 111 cm³/mol. The van der Waals surface area contributed by atoms with Gasteiger partial charge in [0.25, 0.3) is 0 Å². The summed E-state index contributed by atoms with van der Waals surface area (Å²) < 4.78 is 6.23. The lowest BCUT2D eigenvalue weighted by molar-refractivity contribution is 0.547. The molecule has 0 fully saturated rings. The van der Waals surface area contributed by atoms with E-state index >= 15 is 0 Å². The van der Waals surface area contributed by atoms with E-state index in [2.05, 4.69) is 69.3 Å². The van der Waals surface area contributed by atoms with Crippen molar-refractivity contribution in [3.05, 3.63) is 72.6 Å². The summed E-state index contributed by atoms with van der Waals surface area (Å²) in [5, 5.41) is 3.39. The Morgan fingerprint density at radius 1 is 0.741 bits per heavy atom. The minimum Gasteiger partial charge on any atom is -0.452 e. The van der Waals surface area contributed by atoms with Crippen molar-refractivity contribution in [2.45, 2.75) is 26.2 Å². The zero-order valence-electron chi connectivity index (χ0n) is 15.7. The Balaban J connectivity index is 1.96. The van der Waals surface area contributed by atoms with Crippen molar-refractivity contribution in [3.8, 4) is 11.3 Å². The number of hydrogen-bond acceptors (Lipinski definition) is 3. The van der Waals surface area contributed by atoms with Crippen LogP contribution in [0, 0.1) is 0 Å². The highest BCUT2D eigenvalue weighted by Gasteiger charge is 2.24. The molecule has 0 aliphatic rings. The van der Waals surface area contributed by atoms with Crippen LogP contribution in [0.3, 0.4) is 0 Å².